The fourth-order valence-electron chi connectivity index (χ4n) is 2.76. The standard InChI is InChI=1S/C14H26N4O/c1-10(2)15-9-13-16-17-14(19-13)18(4)12-8-6-5-7-11(12)3/h10-12,15H,5-9H2,1-4H3. The van der Waals surface area contributed by atoms with Crippen LogP contribution in [0.5, 0.6) is 0 Å². The van der Waals surface area contributed by atoms with Crippen LogP contribution in [0.1, 0.15) is 52.3 Å². The molecule has 5 nitrogen and oxygen atoms in total. The molecule has 1 aromatic heterocycles. The van der Waals surface area contributed by atoms with Gasteiger partial charge in [-0.3, -0.25) is 0 Å². The van der Waals surface area contributed by atoms with Crippen molar-refractivity contribution in [3.05, 3.63) is 5.89 Å². The van der Waals surface area contributed by atoms with Crippen LogP contribution in [0.15, 0.2) is 4.42 Å². The molecule has 1 saturated carbocycles. The van der Waals surface area contributed by atoms with Crippen molar-refractivity contribution in [3.8, 4) is 0 Å². The number of nitrogens with one attached hydrogen (secondary N) is 1. The summed E-state index contributed by atoms with van der Waals surface area (Å²) in [5.74, 6) is 1.36. The molecule has 1 fully saturated rings. The second kappa shape index (κ2) is 6.37. The summed E-state index contributed by atoms with van der Waals surface area (Å²) in [6.45, 7) is 7.16. The van der Waals surface area contributed by atoms with Gasteiger partial charge in [-0.05, 0) is 18.8 Å². The van der Waals surface area contributed by atoms with Crippen molar-refractivity contribution < 1.29 is 4.42 Å². The van der Waals surface area contributed by atoms with Gasteiger partial charge in [0.1, 0.15) is 0 Å². The molecule has 2 atom stereocenters. The van der Waals surface area contributed by atoms with E-state index in [9.17, 15) is 0 Å². The van der Waals surface area contributed by atoms with Crippen molar-refractivity contribution in [1.29, 1.82) is 0 Å². The third-order valence-corrected chi connectivity index (χ3v) is 3.98. The highest BCUT2D eigenvalue weighted by Crippen LogP contribution is 2.29. The Hall–Kier alpha value is -1.10. The van der Waals surface area contributed by atoms with Crippen LogP contribution in [0, 0.1) is 5.92 Å². The van der Waals surface area contributed by atoms with Crippen LogP contribution in [0.2, 0.25) is 0 Å². The number of rotatable bonds is 5. The minimum absolute atomic E-state index is 0.423. The second-order valence-electron chi connectivity index (χ2n) is 5.95. The van der Waals surface area contributed by atoms with Gasteiger partial charge in [0.2, 0.25) is 5.89 Å². The van der Waals surface area contributed by atoms with Gasteiger partial charge < -0.3 is 14.6 Å². The van der Waals surface area contributed by atoms with Crippen LogP contribution >= 0.6 is 0 Å². The quantitative estimate of drug-likeness (QED) is 0.887. The molecule has 2 rings (SSSR count). The van der Waals surface area contributed by atoms with E-state index < -0.39 is 0 Å². The SMILES string of the molecule is CC(C)NCc1nnc(N(C)C2CCCCC2C)o1. The molecule has 1 aliphatic rings. The zero-order chi connectivity index (χ0) is 13.8. The predicted octanol–water partition coefficient (Wildman–Crippen LogP) is 2.58. The maximum absolute atomic E-state index is 5.74. The monoisotopic (exact) mass is 266 g/mol. The topological polar surface area (TPSA) is 54.2 Å². The van der Waals surface area contributed by atoms with Gasteiger partial charge in [0, 0.05) is 19.1 Å². The average Bonchev–Trinajstić information content (AvgIpc) is 2.85. The van der Waals surface area contributed by atoms with E-state index in [1.807, 2.05) is 0 Å². The van der Waals surface area contributed by atoms with Crippen LogP contribution in [-0.4, -0.2) is 29.3 Å². The Balaban J connectivity index is 1.96. The molecule has 5 heteroatoms. The molecule has 0 radical (unpaired) electrons. The molecule has 108 valence electrons. The lowest BCUT2D eigenvalue weighted by molar-refractivity contribution is 0.309. The van der Waals surface area contributed by atoms with E-state index in [0.29, 0.717) is 36.5 Å². The first-order chi connectivity index (χ1) is 9.08. The highest BCUT2D eigenvalue weighted by molar-refractivity contribution is 5.25. The Morgan fingerprint density at radius 1 is 1.32 bits per heavy atom. The Bertz CT molecular complexity index is 391. The summed E-state index contributed by atoms with van der Waals surface area (Å²) >= 11 is 0. The van der Waals surface area contributed by atoms with Gasteiger partial charge in [-0.25, -0.2) is 0 Å². The van der Waals surface area contributed by atoms with Gasteiger partial charge >= 0.3 is 6.01 Å². The Labute approximate surface area is 115 Å². The van der Waals surface area contributed by atoms with Gasteiger partial charge in [-0.2, -0.15) is 0 Å². The summed E-state index contributed by atoms with van der Waals surface area (Å²) in [6.07, 6.45) is 5.17. The van der Waals surface area contributed by atoms with Crippen LogP contribution in [0.25, 0.3) is 0 Å². The maximum Gasteiger partial charge on any atom is 0.318 e. The van der Waals surface area contributed by atoms with Crippen molar-refractivity contribution in [3.63, 3.8) is 0 Å². The van der Waals surface area contributed by atoms with Gasteiger partial charge in [0.25, 0.3) is 0 Å². The Morgan fingerprint density at radius 2 is 2.05 bits per heavy atom. The van der Waals surface area contributed by atoms with Gasteiger partial charge in [-0.1, -0.05) is 38.7 Å². The van der Waals surface area contributed by atoms with Gasteiger partial charge in [0.05, 0.1) is 6.54 Å². The van der Waals surface area contributed by atoms with Crippen molar-refractivity contribution in [2.45, 2.75) is 65.1 Å². The van der Waals surface area contributed by atoms with E-state index in [4.69, 9.17) is 4.42 Å². The first-order valence-electron chi connectivity index (χ1n) is 7.36. The van der Waals surface area contributed by atoms with Gasteiger partial charge in [0.15, 0.2) is 0 Å². The van der Waals surface area contributed by atoms with E-state index in [1.165, 1.54) is 25.7 Å². The molecular formula is C14H26N4O. The van der Waals surface area contributed by atoms with Crippen LogP contribution < -0.4 is 10.2 Å². The maximum atomic E-state index is 5.74. The van der Waals surface area contributed by atoms with Crippen molar-refractivity contribution in [1.82, 2.24) is 15.5 Å². The lowest BCUT2D eigenvalue weighted by Crippen LogP contribution is -2.39. The Morgan fingerprint density at radius 3 is 2.74 bits per heavy atom. The fraction of sp³-hybridized carbons (Fsp3) is 0.857. The first kappa shape index (κ1) is 14.3. The normalized spacial score (nSPS) is 23.8. The minimum atomic E-state index is 0.423. The van der Waals surface area contributed by atoms with E-state index in [1.54, 1.807) is 0 Å². The summed E-state index contributed by atoms with van der Waals surface area (Å²) in [5.41, 5.74) is 0. The summed E-state index contributed by atoms with van der Waals surface area (Å²) in [7, 11) is 2.07. The number of aromatic nitrogens is 2. The molecule has 1 aliphatic carbocycles. The lowest BCUT2D eigenvalue weighted by Gasteiger charge is -2.35. The third kappa shape index (κ3) is 3.69. The molecule has 0 bridgehead atoms. The minimum Gasteiger partial charge on any atom is -0.407 e. The average molecular weight is 266 g/mol. The van der Waals surface area contributed by atoms with Crippen molar-refractivity contribution >= 4 is 6.01 Å². The summed E-state index contributed by atoms with van der Waals surface area (Å²) in [6, 6.07) is 1.60. The summed E-state index contributed by atoms with van der Waals surface area (Å²) < 4.78 is 5.74. The van der Waals surface area contributed by atoms with Crippen molar-refractivity contribution in [2.24, 2.45) is 5.92 Å². The zero-order valence-corrected chi connectivity index (χ0v) is 12.5. The van der Waals surface area contributed by atoms with Crippen LogP contribution in [0.4, 0.5) is 6.01 Å². The van der Waals surface area contributed by atoms with E-state index in [-0.39, 0.29) is 0 Å². The molecule has 1 N–H and O–H groups in total. The van der Waals surface area contributed by atoms with E-state index >= 15 is 0 Å². The molecule has 0 amide bonds. The molecule has 1 heterocycles. The fourth-order valence-corrected chi connectivity index (χ4v) is 2.76. The number of hydrogen-bond acceptors (Lipinski definition) is 5. The zero-order valence-electron chi connectivity index (χ0n) is 12.5. The first-order valence-corrected chi connectivity index (χ1v) is 7.36. The third-order valence-electron chi connectivity index (χ3n) is 3.98. The van der Waals surface area contributed by atoms with E-state index in [2.05, 4.69) is 48.2 Å². The molecule has 1 aromatic rings. The smallest absolute Gasteiger partial charge is 0.318 e. The predicted molar refractivity (Wildman–Crippen MR) is 76.1 cm³/mol. The highest BCUT2D eigenvalue weighted by atomic mass is 16.4. The van der Waals surface area contributed by atoms with E-state index in [0.717, 1.165) is 0 Å². The molecule has 2 unspecified atom stereocenters. The molecule has 19 heavy (non-hydrogen) atoms. The second-order valence-corrected chi connectivity index (χ2v) is 5.95. The highest BCUT2D eigenvalue weighted by Gasteiger charge is 2.27. The van der Waals surface area contributed by atoms with Crippen LogP contribution in [0.3, 0.4) is 0 Å². The molecule has 0 spiro atoms. The lowest BCUT2D eigenvalue weighted by atomic mass is 9.85. The van der Waals surface area contributed by atoms with Crippen LogP contribution in [-0.2, 0) is 6.54 Å². The van der Waals surface area contributed by atoms with Crippen molar-refractivity contribution in [2.75, 3.05) is 11.9 Å². The molecule has 0 aliphatic heterocycles. The number of nitrogens with zero attached hydrogens (tertiary/aromatic N) is 3. The molecule has 0 aromatic carbocycles. The Kier molecular flexibility index (Phi) is 4.80. The molecule has 0 saturated heterocycles. The number of hydrogen-bond donors (Lipinski definition) is 1. The largest absolute Gasteiger partial charge is 0.407 e. The van der Waals surface area contributed by atoms with Gasteiger partial charge in [-0.15, -0.1) is 5.10 Å². The molecular weight excluding hydrogens is 240 g/mol. The summed E-state index contributed by atoms with van der Waals surface area (Å²) in [4.78, 5) is 2.16. The number of anilines is 1. The summed E-state index contributed by atoms with van der Waals surface area (Å²) in [5, 5.41) is 11.6.